The molecule has 0 fully saturated rings. The van der Waals surface area contributed by atoms with Gasteiger partial charge in [-0.2, -0.15) is 0 Å². The van der Waals surface area contributed by atoms with Gasteiger partial charge in [-0.3, -0.25) is 4.79 Å². The molecule has 20 heavy (non-hydrogen) atoms. The molecule has 1 amide bonds. The smallest absolute Gasteiger partial charge is 0.244 e. The van der Waals surface area contributed by atoms with Gasteiger partial charge in [0.1, 0.15) is 0 Å². The van der Waals surface area contributed by atoms with Gasteiger partial charge in [0.05, 0.1) is 6.04 Å². The van der Waals surface area contributed by atoms with Crippen molar-refractivity contribution in [2.75, 3.05) is 0 Å². The highest BCUT2D eigenvalue weighted by atomic mass is 79.9. The van der Waals surface area contributed by atoms with E-state index < -0.39 is 0 Å². The van der Waals surface area contributed by atoms with E-state index in [9.17, 15) is 4.79 Å². The fourth-order valence-corrected chi connectivity index (χ4v) is 2.27. The summed E-state index contributed by atoms with van der Waals surface area (Å²) in [6, 6.07) is 17.7. The monoisotopic (exact) mass is 329 g/mol. The molecule has 0 heterocycles. The van der Waals surface area contributed by atoms with Crippen molar-refractivity contribution >= 4 is 27.9 Å². The van der Waals surface area contributed by atoms with Crippen LogP contribution in [0.2, 0.25) is 0 Å². The minimum atomic E-state index is -0.0960. The summed E-state index contributed by atoms with van der Waals surface area (Å²) in [7, 11) is 0. The Hall–Kier alpha value is -1.87. The third-order valence-electron chi connectivity index (χ3n) is 2.93. The number of halogens is 1. The normalized spacial score (nSPS) is 12.3. The number of carbonyl (C=O) groups is 1. The Morgan fingerprint density at radius 2 is 1.90 bits per heavy atom. The molecule has 0 saturated carbocycles. The van der Waals surface area contributed by atoms with Crippen molar-refractivity contribution in [2.24, 2.45) is 0 Å². The zero-order valence-corrected chi connectivity index (χ0v) is 12.8. The average molecular weight is 330 g/mol. The fraction of sp³-hybridized carbons (Fsp3) is 0.118. The molecule has 0 radical (unpaired) electrons. The van der Waals surface area contributed by atoms with Crippen molar-refractivity contribution in [2.45, 2.75) is 13.0 Å². The van der Waals surface area contributed by atoms with Crippen molar-refractivity contribution in [3.63, 3.8) is 0 Å². The van der Waals surface area contributed by atoms with Gasteiger partial charge in [0.2, 0.25) is 5.91 Å². The second-order valence-electron chi connectivity index (χ2n) is 4.53. The molecule has 2 rings (SSSR count). The summed E-state index contributed by atoms with van der Waals surface area (Å²) in [5.41, 5.74) is 2.08. The van der Waals surface area contributed by atoms with Gasteiger partial charge in [0.25, 0.3) is 0 Å². The number of rotatable bonds is 4. The Labute approximate surface area is 127 Å². The maximum absolute atomic E-state index is 11.9. The van der Waals surface area contributed by atoms with E-state index in [1.807, 2.05) is 67.6 Å². The molecule has 2 aromatic carbocycles. The predicted octanol–water partition coefficient (Wildman–Crippen LogP) is 4.34. The van der Waals surface area contributed by atoms with Gasteiger partial charge < -0.3 is 5.32 Å². The molecule has 0 aliphatic heterocycles. The summed E-state index contributed by atoms with van der Waals surface area (Å²) in [6.45, 7) is 1.97. The lowest BCUT2D eigenvalue weighted by Gasteiger charge is -2.13. The number of amides is 1. The Bertz CT molecular complexity index is 607. The van der Waals surface area contributed by atoms with E-state index in [4.69, 9.17) is 0 Å². The maximum atomic E-state index is 11.9. The van der Waals surface area contributed by atoms with E-state index in [1.54, 1.807) is 6.08 Å². The van der Waals surface area contributed by atoms with Crippen LogP contribution < -0.4 is 5.32 Å². The molecule has 0 bridgehead atoms. The molecular formula is C17H16BrNO. The topological polar surface area (TPSA) is 29.1 Å². The van der Waals surface area contributed by atoms with Crippen LogP contribution in [0.3, 0.4) is 0 Å². The van der Waals surface area contributed by atoms with E-state index >= 15 is 0 Å². The first-order valence-corrected chi connectivity index (χ1v) is 7.23. The van der Waals surface area contributed by atoms with Crippen LogP contribution in [0.4, 0.5) is 0 Å². The lowest BCUT2D eigenvalue weighted by Crippen LogP contribution is -2.24. The first kappa shape index (κ1) is 14.5. The minimum Gasteiger partial charge on any atom is -0.346 e. The van der Waals surface area contributed by atoms with Crippen LogP contribution in [0.15, 0.2) is 65.1 Å². The third-order valence-corrected chi connectivity index (χ3v) is 3.43. The van der Waals surface area contributed by atoms with Crippen LogP contribution in [-0.4, -0.2) is 5.91 Å². The number of carbonyl (C=O) groups excluding carboxylic acids is 1. The van der Waals surface area contributed by atoms with Crippen LogP contribution in [-0.2, 0) is 4.79 Å². The van der Waals surface area contributed by atoms with Crippen LogP contribution in [0.1, 0.15) is 24.1 Å². The molecule has 0 spiro atoms. The summed E-state index contributed by atoms with van der Waals surface area (Å²) in [4.78, 5) is 11.9. The van der Waals surface area contributed by atoms with Crippen molar-refractivity contribution in [3.05, 3.63) is 76.3 Å². The number of hydrogen-bond donors (Lipinski definition) is 1. The van der Waals surface area contributed by atoms with E-state index in [-0.39, 0.29) is 11.9 Å². The summed E-state index contributed by atoms with van der Waals surface area (Å²) < 4.78 is 1.01. The fourth-order valence-electron chi connectivity index (χ4n) is 1.86. The van der Waals surface area contributed by atoms with Gasteiger partial charge in [-0.1, -0.05) is 58.4 Å². The highest BCUT2D eigenvalue weighted by molar-refractivity contribution is 9.10. The Kier molecular flexibility index (Phi) is 5.13. The van der Waals surface area contributed by atoms with Crippen LogP contribution >= 0.6 is 15.9 Å². The molecule has 0 unspecified atom stereocenters. The summed E-state index contributed by atoms with van der Waals surface area (Å²) in [6.07, 6.45) is 3.37. The second-order valence-corrected chi connectivity index (χ2v) is 5.44. The zero-order valence-electron chi connectivity index (χ0n) is 11.2. The lowest BCUT2D eigenvalue weighted by molar-refractivity contribution is -0.117. The lowest BCUT2D eigenvalue weighted by atomic mass is 10.1. The molecule has 0 aliphatic carbocycles. The Morgan fingerprint density at radius 3 is 2.60 bits per heavy atom. The van der Waals surface area contributed by atoms with Gasteiger partial charge in [0.15, 0.2) is 0 Å². The van der Waals surface area contributed by atoms with Gasteiger partial charge in [-0.25, -0.2) is 0 Å². The Morgan fingerprint density at radius 1 is 1.15 bits per heavy atom. The summed E-state index contributed by atoms with van der Waals surface area (Å²) >= 11 is 3.43. The number of hydrogen-bond acceptors (Lipinski definition) is 1. The zero-order chi connectivity index (χ0) is 14.4. The molecule has 1 N–H and O–H groups in total. The quantitative estimate of drug-likeness (QED) is 0.830. The second kappa shape index (κ2) is 7.06. The number of nitrogens with one attached hydrogen (secondary N) is 1. The van der Waals surface area contributed by atoms with Crippen molar-refractivity contribution in [1.82, 2.24) is 5.32 Å². The number of benzene rings is 2. The maximum Gasteiger partial charge on any atom is 0.244 e. The molecule has 1 atom stereocenters. The average Bonchev–Trinajstić information content (AvgIpc) is 2.46. The molecule has 2 nitrogen and oxygen atoms in total. The third kappa shape index (κ3) is 4.35. The van der Waals surface area contributed by atoms with Crippen molar-refractivity contribution < 1.29 is 4.79 Å². The van der Waals surface area contributed by atoms with E-state index in [1.165, 1.54) is 0 Å². The van der Waals surface area contributed by atoms with Crippen molar-refractivity contribution in [1.29, 1.82) is 0 Å². The molecule has 0 aliphatic rings. The predicted molar refractivity (Wildman–Crippen MR) is 86.2 cm³/mol. The van der Waals surface area contributed by atoms with E-state index in [0.717, 1.165) is 15.6 Å². The highest BCUT2D eigenvalue weighted by Gasteiger charge is 2.07. The standard InChI is InChI=1S/C17H16BrNO/c1-13(15-8-5-9-16(18)12-15)19-17(20)11-10-14-6-3-2-4-7-14/h2-13H,1H3,(H,19,20)/b11-10+/t13-/m1/s1. The van der Waals surface area contributed by atoms with Gasteiger partial charge in [-0.15, -0.1) is 0 Å². The Balaban J connectivity index is 1.96. The van der Waals surface area contributed by atoms with E-state index in [2.05, 4.69) is 21.2 Å². The van der Waals surface area contributed by atoms with Gasteiger partial charge in [-0.05, 0) is 36.3 Å². The molecule has 3 heteroatoms. The SMILES string of the molecule is C[C@@H](NC(=O)/C=C/c1ccccc1)c1cccc(Br)c1. The highest BCUT2D eigenvalue weighted by Crippen LogP contribution is 2.17. The van der Waals surface area contributed by atoms with Crippen LogP contribution in [0.5, 0.6) is 0 Å². The van der Waals surface area contributed by atoms with Crippen LogP contribution in [0, 0.1) is 0 Å². The van der Waals surface area contributed by atoms with Gasteiger partial charge >= 0.3 is 0 Å². The van der Waals surface area contributed by atoms with E-state index in [0.29, 0.717) is 0 Å². The first-order valence-electron chi connectivity index (χ1n) is 6.44. The molecule has 0 saturated heterocycles. The molecule has 2 aromatic rings. The van der Waals surface area contributed by atoms with Crippen LogP contribution in [0.25, 0.3) is 6.08 Å². The minimum absolute atomic E-state index is 0.0274. The molecule has 102 valence electrons. The van der Waals surface area contributed by atoms with Crippen molar-refractivity contribution in [3.8, 4) is 0 Å². The molecule has 0 aromatic heterocycles. The first-order chi connectivity index (χ1) is 9.65. The molecular weight excluding hydrogens is 314 g/mol. The largest absolute Gasteiger partial charge is 0.346 e. The summed E-state index contributed by atoms with van der Waals surface area (Å²) in [5, 5.41) is 2.95. The summed E-state index contributed by atoms with van der Waals surface area (Å²) in [5.74, 6) is -0.0960. The van der Waals surface area contributed by atoms with Gasteiger partial charge in [0, 0.05) is 10.5 Å².